The van der Waals surface area contributed by atoms with Gasteiger partial charge in [-0.3, -0.25) is 0 Å². The summed E-state index contributed by atoms with van der Waals surface area (Å²) < 4.78 is 36.7. The van der Waals surface area contributed by atoms with E-state index in [2.05, 4.69) is 24.3 Å². The molecule has 15 heavy (non-hydrogen) atoms. The number of halogens is 1. The number of fused-ring (bicyclic) bond motifs is 2. The molecule has 0 radical (unpaired) electrons. The summed E-state index contributed by atoms with van der Waals surface area (Å²) in [6.45, 7) is 0. The van der Waals surface area contributed by atoms with E-state index in [0.29, 0.717) is 4.47 Å². The molecule has 8 heteroatoms. The molecule has 82 valence electrons. The molecule has 2 rings (SSSR count). The monoisotopic (exact) mass is 295 g/mol. The molecule has 0 aliphatic carbocycles. The van der Waals surface area contributed by atoms with Crippen molar-refractivity contribution < 1.29 is 21.5 Å². The summed E-state index contributed by atoms with van der Waals surface area (Å²) in [5.41, 5.74) is 5.84. The molecule has 2 bridgehead atoms. The summed E-state index contributed by atoms with van der Waals surface area (Å²) in [6.07, 6.45) is 0. The lowest BCUT2D eigenvalue weighted by Crippen LogP contribution is -2.21. The third-order valence-electron chi connectivity index (χ3n) is 1.75. The zero-order valence-corrected chi connectivity index (χ0v) is 9.88. The summed E-state index contributed by atoms with van der Waals surface area (Å²) >= 11 is 3.12. The van der Waals surface area contributed by atoms with Gasteiger partial charge in [-0.25, -0.2) is 0 Å². The van der Waals surface area contributed by atoms with Crippen molar-refractivity contribution in [2.24, 2.45) is 0 Å². The lowest BCUT2D eigenvalue weighted by molar-refractivity contribution is 0.348. The summed E-state index contributed by atoms with van der Waals surface area (Å²) in [5.74, 6) is 0.228. The van der Waals surface area contributed by atoms with E-state index < -0.39 is 10.4 Å². The first kappa shape index (κ1) is 10.4. The van der Waals surface area contributed by atoms with Crippen molar-refractivity contribution in [2.75, 3.05) is 12.8 Å². The van der Waals surface area contributed by atoms with E-state index in [1.807, 2.05) is 0 Å². The third kappa shape index (κ3) is 1.59. The number of hydrogen-bond acceptors (Lipinski definition) is 6. The highest BCUT2D eigenvalue weighted by Gasteiger charge is 2.31. The lowest BCUT2D eigenvalue weighted by atomic mass is 10.2. The summed E-state index contributed by atoms with van der Waals surface area (Å²) in [6, 6.07) is 1.34. The normalized spacial score (nSPS) is 16.4. The maximum Gasteiger partial charge on any atom is 0.501 e. The maximum atomic E-state index is 11.1. The summed E-state index contributed by atoms with van der Waals surface area (Å²) in [4.78, 5) is 0. The lowest BCUT2D eigenvalue weighted by Gasteiger charge is -2.20. The van der Waals surface area contributed by atoms with Crippen LogP contribution in [-0.4, -0.2) is 15.5 Å². The average Bonchev–Trinajstić information content (AvgIpc) is 2.10. The highest BCUT2D eigenvalue weighted by Crippen LogP contribution is 2.49. The molecule has 0 aromatic heterocycles. The van der Waals surface area contributed by atoms with Gasteiger partial charge in [-0.2, -0.15) is 0 Å². The fraction of sp³-hybridized carbons (Fsp3) is 0.143. The zero-order valence-electron chi connectivity index (χ0n) is 7.48. The second-order valence-corrected chi connectivity index (χ2v) is 4.66. The summed E-state index contributed by atoms with van der Waals surface area (Å²) in [7, 11) is -2.71. The van der Waals surface area contributed by atoms with Crippen molar-refractivity contribution in [2.45, 2.75) is 0 Å². The Balaban J connectivity index is 2.73. The molecule has 1 aliphatic rings. The number of ether oxygens (including phenoxy) is 1. The van der Waals surface area contributed by atoms with Crippen LogP contribution in [0.15, 0.2) is 10.5 Å². The number of nitrogens with two attached hydrogens (primary N) is 1. The first-order valence-electron chi connectivity index (χ1n) is 3.74. The minimum Gasteiger partial charge on any atom is -0.491 e. The van der Waals surface area contributed by atoms with Crippen molar-refractivity contribution in [3.05, 3.63) is 10.5 Å². The quantitative estimate of drug-likeness (QED) is 0.779. The van der Waals surface area contributed by atoms with Crippen molar-refractivity contribution in [1.82, 2.24) is 0 Å². The Bertz CT molecular complexity index is 527. The van der Waals surface area contributed by atoms with Crippen LogP contribution in [0, 0.1) is 0 Å². The van der Waals surface area contributed by atoms with E-state index in [0.717, 1.165) is 0 Å². The SMILES string of the molecule is COc1c(N)cc2c(Br)c1OS(=O)(=O)O2. The molecule has 1 aromatic carbocycles. The number of hydrogen-bond donors (Lipinski definition) is 1. The minimum atomic E-state index is -4.07. The second-order valence-electron chi connectivity index (χ2n) is 2.72. The fourth-order valence-corrected chi connectivity index (χ4v) is 2.61. The highest BCUT2D eigenvalue weighted by atomic mass is 79.9. The van der Waals surface area contributed by atoms with Crippen molar-refractivity contribution in [1.29, 1.82) is 0 Å². The van der Waals surface area contributed by atoms with Crippen LogP contribution in [0.4, 0.5) is 5.69 Å². The zero-order chi connectivity index (χ0) is 11.2. The Morgan fingerprint density at radius 2 is 2.13 bits per heavy atom. The van der Waals surface area contributed by atoms with E-state index in [4.69, 9.17) is 10.5 Å². The molecule has 1 aromatic rings. The van der Waals surface area contributed by atoms with Gasteiger partial charge in [-0.05, 0) is 15.9 Å². The minimum absolute atomic E-state index is 0.00116. The standard InChI is InChI=1S/C7H6BrNO5S/c1-12-6-3(9)2-4-5(8)7(6)14-15(10,11)13-4/h2H,9H2,1H3. The van der Waals surface area contributed by atoms with Crippen LogP contribution in [0.1, 0.15) is 0 Å². The smallest absolute Gasteiger partial charge is 0.491 e. The number of anilines is 1. The largest absolute Gasteiger partial charge is 0.501 e. The van der Waals surface area contributed by atoms with Crippen molar-refractivity contribution >= 4 is 32.0 Å². The molecule has 0 atom stereocenters. The Labute approximate surface area is 94.4 Å². The van der Waals surface area contributed by atoms with Crippen LogP contribution in [0.5, 0.6) is 17.2 Å². The predicted octanol–water partition coefficient (Wildman–Crippen LogP) is 1.06. The molecule has 0 saturated heterocycles. The van der Waals surface area contributed by atoms with Crippen LogP contribution in [-0.2, 0) is 10.4 Å². The number of nitrogen functional groups attached to an aromatic ring is 1. The van der Waals surface area contributed by atoms with Gasteiger partial charge in [0.2, 0.25) is 5.75 Å². The van der Waals surface area contributed by atoms with Gasteiger partial charge in [0.15, 0.2) is 11.5 Å². The van der Waals surface area contributed by atoms with Gasteiger partial charge in [0.25, 0.3) is 0 Å². The Kier molecular flexibility index (Phi) is 2.19. The first-order chi connectivity index (χ1) is 6.94. The van der Waals surface area contributed by atoms with Gasteiger partial charge >= 0.3 is 10.4 Å². The number of benzene rings is 1. The molecule has 0 amide bonds. The Hall–Kier alpha value is -1.15. The first-order valence-corrected chi connectivity index (χ1v) is 5.87. The third-order valence-corrected chi connectivity index (χ3v) is 3.26. The van der Waals surface area contributed by atoms with E-state index in [-0.39, 0.29) is 22.9 Å². The van der Waals surface area contributed by atoms with Crippen LogP contribution in [0.25, 0.3) is 0 Å². The van der Waals surface area contributed by atoms with E-state index in [1.165, 1.54) is 13.2 Å². The average molecular weight is 296 g/mol. The van der Waals surface area contributed by atoms with E-state index in [1.54, 1.807) is 0 Å². The Morgan fingerprint density at radius 3 is 2.73 bits per heavy atom. The number of methoxy groups -OCH3 is 1. The molecule has 2 N–H and O–H groups in total. The van der Waals surface area contributed by atoms with Gasteiger partial charge < -0.3 is 18.8 Å². The van der Waals surface area contributed by atoms with E-state index >= 15 is 0 Å². The van der Waals surface area contributed by atoms with Gasteiger partial charge in [0.1, 0.15) is 4.47 Å². The van der Waals surface area contributed by atoms with Crippen molar-refractivity contribution in [3.63, 3.8) is 0 Å². The molecule has 1 aliphatic heterocycles. The maximum absolute atomic E-state index is 11.1. The molecule has 0 spiro atoms. The van der Waals surface area contributed by atoms with Crippen molar-refractivity contribution in [3.8, 4) is 17.2 Å². The van der Waals surface area contributed by atoms with Crippen LogP contribution >= 0.6 is 15.9 Å². The van der Waals surface area contributed by atoms with Crippen LogP contribution in [0.2, 0.25) is 0 Å². The van der Waals surface area contributed by atoms with Gasteiger partial charge in [-0.15, -0.1) is 8.42 Å². The molecular weight excluding hydrogens is 290 g/mol. The molecular formula is C7H6BrNO5S. The number of rotatable bonds is 1. The topological polar surface area (TPSA) is 87.9 Å². The second kappa shape index (κ2) is 3.17. The van der Waals surface area contributed by atoms with E-state index in [9.17, 15) is 8.42 Å². The molecule has 0 unspecified atom stereocenters. The fourth-order valence-electron chi connectivity index (χ4n) is 1.19. The molecule has 0 saturated carbocycles. The summed E-state index contributed by atoms with van der Waals surface area (Å²) in [5, 5.41) is 0. The predicted molar refractivity (Wildman–Crippen MR) is 55.3 cm³/mol. The van der Waals surface area contributed by atoms with Gasteiger partial charge in [0.05, 0.1) is 12.8 Å². The molecule has 0 fully saturated rings. The van der Waals surface area contributed by atoms with Crippen LogP contribution < -0.4 is 18.8 Å². The Morgan fingerprint density at radius 1 is 1.47 bits per heavy atom. The van der Waals surface area contributed by atoms with Gasteiger partial charge in [0, 0.05) is 6.07 Å². The molecule has 6 nitrogen and oxygen atoms in total. The van der Waals surface area contributed by atoms with Crippen LogP contribution in [0.3, 0.4) is 0 Å². The highest BCUT2D eigenvalue weighted by molar-refractivity contribution is 9.10. The molecule has 1 heterocycles. The van der Waals surface area contributed by atoms with Gasteiger partial charge in [-0.1, -0.05) is 0 Å².